The minimum Gasteiger partial charge on any atom is -0.305 e. The van der Waals surface area contributed by atoms with Crippen LogP contribution in [0.2, 0.25) is 0 Å². The van der Waals surface area contributed by atoms with Crippen LogP contribution in [0.1, 0.15) is 43.1 Å². The molecule has 3 heterocycles. The zero-order valence-corrected chi connectivity index (χ0v) is 19.8. The van der Waals surface area contributed by atoms with Crippen LogP contribution in [0, 0.1) is 12.8 Å². The molecule has 0 radical (unpaired) electrons. The quantitative estimate of drug-likeness (QED) is 0.387. The second kappa shape index (κ2) is 7.77. The molecule has 2 aromatic heterocycles. The monoisotopic (exact) mass is 439 g/mol. The fourth-order valence-electron chi connectivity index (χ4n) is 4.92. The molecule has 7 heteroatoms. The van der Waals surface area contributed by atoms with Gasteiger partial charge >= 0.3 is 0 Å². The van der Waals surface area contributed by atoms with Gasteiger partial charge in [-0.2, -0.15) is 0 Å². The van der Waals surface area contributed by atoms with Crippen molar-refractivity contribution in [3.63, 3.8) is 0 Å². The second-order valence-electron chi connectivity index (χ2n) is 8.75. The van der Waals surface area contributed by atoms with Gasteiger partial charge in [-0.1, -0.05) is 23.9 Å². The summed E-state index contributed by atoms with van der Waals surface area (Å²) in [5, 5.41) is 10.9. The Kier molecular flexibility index (Phi) is 5.24. The van der Waals surface area contributed by atoms with E-state index < -0.39 is 0 Å². The zero-order valence-electron chi connectivity index (χ0n) is 18.2. The third-order valence-electron chi connectivity index (χ3n) is 6.76. The summed E-state index contributed by atoms with van der Waals surface area (Å²) in [6.07, 6.45) is 4.61. The smallest absolute Gasteiger partial charge is 0.191 e. The van der Waals surface area contributed by atoms with Crippen LogP contribution in [0.25, 0.3) is 15.8 Å². The number of hydrogen-bond acceptors (Lipinski definition) is 6. The lowest BCUT2D eigenvalue weighted by Gasteiger charge is -2.21. The summed E-state index contributed by atoms with van der Waals surface area (Å²) in [7, 11) is 2.06. The second-order valence-corrected chi connectivity index (χ2v) is 11.0. The number of rotatable bonds is 7. The average molecular weight is 440 g/mol. The van der Waals surface area contributed by atoms with E-state index >= 15 is 0 Å². The van der Waals surface area contributed by atoms with E-state index in [0.717, 1.165) is 27.7 Å². The molecular formula is C23H29N5S2. The largest absolute Gasteiger partial charge is 0.305 e. The molecule has 0 spiro atoms. The van der Waals surface area contributed by atoms with Gasteiger partial charge in [0.05, 0.1) is 15.2 Å². The summed E-state index contributed by atoms with van der Waals surface area (Å²) < 4.78 is 3.42. The van der Waals surface area contributed by atoms with Crippen LogP contribution >= 0.6 is 23.1 Å². The fraction of sp³-hybridized carbons (Fsp3) is 0.522. The lowest BCUT2D eigenvalue weighted by atomic mass is 9.95. The lowest BCUT2D eigenvalue weighted by Crippen LogP contribution is -2.27. The summed E-state index contributed by atoms with van der Waals surface area (Å²) in [6.45, 7) is 9.84. The van der Waals surface area contributed by atoms with Crippen molar-refractivity contribution < 1.29 is 0 Å². The number of likely N-dealkylation sites (tertiary alicyclic amines) is 1. The number of thioether (sulfide) groups is 1. The summed E-state index contributed by atoms with van der Waals surface area (Å²) in [5.41, 5.74) is 4.25. The zero-order chi connectivity index (χ0) is 20.9. The van der Waals surface area contributed by atoms with E-state index in [1.165, 1.54) is 53.8 Å². The number of benzene rings is 1. The van der Waals surface area contributed by atoms with Gasteiger partial charge in [-0.15, -0.1) is 21.5 Å². The van der Waals surface area contributed by atoms with Gasteiger partial charge < -0.3 is 9.47 Å². The molecule has 1 aliphatic heterocycles. The maximum atomic E-state index is 4.71. The molecule has 0 N–H and O–H groups in total. The Bertz CT molecular complexity index is 1110. The summed E-state index contributed by atoms with van der Waals surface area (Å²) >= 11 is 3.61. The van der Waals surface area contributed by atoms with Crippen molar-refractivity contribution in [3.05, 3.63) is 40.7 Å². The Morgan fingerprint density at radius 3 is 3.07 bits per heavy atom. The third kappa shape index (κ3) is 3.51. The average Bonchev–Trinajstić information content (AvgIpc) is 3.03. The summed E-state index contributed by atoms with van der Waals surface area (Å²) in [5.74, 6) is 2.88. The Labute approximate surface area is 186 Å². The highest BCUT2D eigenvalue weighted by atomic mass is 32.2. The van der Waals surface area contributed by atoms with Crippen molar-refractivity contribution in [2.24, 2.45) is 13.0 Å². The Hall–Kier alpha value is -1.70. The maximum absolute atomic E-state index is 4.71. The van der Waals surface area contributed by atoms with Gasteiger partial charge in [-0.05, 0) is 69.3 Å². The van der Waals surface area contributed by atoms with Crippen molar-refractivity contribution in [1.82, 2.24) is 24.6 Å². The van der Waals surface area contributed by atoms with Crippen LogP contribution in [-0.4, -0.2) is 50.0 Å². The van der Waals surface area contributed by atoms with E-state index in [-0.39, 0.29) is 0 Å². The lowest BCUT2D eigenvalue weighted by molar-refractivity contribution is 0.299. The number of nitrogens with zero attached hydrogens (tertiary/aromatic N) is 5. The number of allylic oxidation sites excluding steroid dienone is 2. The summed E-state index contributed by atoms with van der Waals surface area (Å²) in [4.78, 5) is 7.38. The Morgan fingerprint density at radius 1 is 1.37 bits per heavy atom. The van der Waals surface area contributed by atoms with Gasteiger partial charge in [-0.3, -0.25) is 0 Å². The third-order valence-corrected chi connectivity index (χ3v) is 8.81. The molecule has 1 aromatic carbocycles. The van der Waals surface area contributed by atoms with Crippen LogP contribution in [-0.2, 0) is 12.5 Å². The van der Waals surface area contributed by atoms with E-state index in [9.17, 15) is 0 Å². The molecule has 5 nitrogen and oxygen atoms in total. The molecule has 3 aromatic rings. The maximum Gasteiger partial charge on any atom is 0.191 e. The van der Waals surface area contributed by atoms with Gasteiger partial charge in [0.15, 0.2) is 11.0 Å². The van der Waals surface area contributed by atoms with Crippen molar-refractivity contribution in [1.29, 1.82) is 0 Å². The molecule has 0 amide bonds. The van der Waals surface area contributed by atoms with Crippen molar-refractivity contribution in [2.45, 2.75) is 44.2 Å². The highest BCUT2D eigenvalue weighted by Gasteiger charge is 2.60. The van der Waals surface area contributed by atoms with Gasteiger partial charge in [0.25, 0.3) is 0 Å². The molecule has 30 heavy (non-hydrogen) atoms. The minimum atomic E-state index is 0.390. The highest BCUT2D eigenvalue weighted by Crippen LogP contribution is 2.59. The molecule has 0 unspecified atom stereocenters. The number of fused-ring (bicyclic) bond motifs is 2. The molecule has 158 valence electrons. The predicted octanol–water partition coefficient (Wildman–Crippen LogP) is 4.91. The standard InChI is InChI=1S/C23H29N5S2/c1-5-15(2)21-25-26-22(27(21)4)29-10-6-9-28-13-18-12-23(18,14-28)17-7-8-20-19(11-17)24-16(3)30-20/h5,7-8,11,18H,6,9-10,12-14H2,1-4H3/t18-,23+/m1/s1. The number of aromatic nitrogens is 4. The fourth-order valence-corrected chi connectivity index (χ4v) is 6.56. The van der Waals surface area contributed by atoms with E-state index in [2.05, 4.69) is 64.8 Å². The molecule has 2 atom stereocenters. The number of thiazole rings is 1. The van der Waals surface area contributed by atoms with Gasteiger partial charge in [0.1, 0.15) is 0 Å². The first kappa shape index (κ1) is 20.2. The van der Waals surface area contributed by atoms with Crippen molar-refractivity contribution in [3.8, 4) is 0 Å². The van der Waals surface area contributed by atoms with Gasteiger partial charge in [-0.25, -0.2) is 4.98 Å². The molecule has 1 aliphatic carbocycles. The van der Waals surface area contributed by atoms with Crippen LogP contribution in [0.15, 0.2) is 29.4 Å². The Balaban J connectivity index is 1.15. The SMILES string of the molecule is CC=C(C)c1nnc(SCCCN2C[C@H]3C[C@@]3(c3ccc4sc(C)nc4c3)C2)n1C. The van der Waals surface area contributed by atoms with Gasteiger partial charge in [0, 0.05) is 31.3 Å². The van der Waals surface area contributed by atoms with Gasteiger partial charge in [0.2, 0.25) is 0 Å². The van der Waals surface area contributed by atoms with Crippen LogP contribution < -0.4 is 0 Å². The molecule has 1 saturated carbocycles. The van der Waals surface area contributed by atoms with Crippen LogP contribution in [0.4, 0.5) is 0 Å². The molecule has 2 aliphatic rings. The molecule has 0 bridgehead atoms. The predicted molar refractivity (Wildman–Crippen MR) is 126 cm³/mol. The number of hydrogen-bond donors (Lipinski definition) is 0. The van der Waals surface area contributed by atoms with Crippen molar-refractivity contribution >= 4 is 38.9 Å². The van der Waals surface area contributed by atoms with E-state index in [1.807, 2.05) is 18.7 Å². The van der Waals surface area contributed by atoms with Crippen LogP contribution in [0.3, 0.4) is 0 Å². The molecule has 1 saturated heterocycles. The molecule has 2 fully saturated rings. The Morgan fingerprint density at radius 2 is 2.23 bits per heavy atom. The van der Waals surface area contributed by atoms with Crippen LogP contribution in [0.5, 0.6) is 0 Å². The summed E-state index contributed by atoms with van der Waals surface area (Å²) in [6, 6.07) is 7.00. The topological polar surface area (TPSA) is 46.8 Å². The normalized spacial score (nSPS) is 24.0. The molecular weight excluding hydrogens is 410 g/mol. The first-order valence-corrected chi connectivity index (χ1v) is 12.6. The minimum absolute atomic E-state index is 0.390. The van der Waals surface area contributed by atoms with E-state index in [1.54, 1.807) is 11.3 Å². The first-order valence-electron chi connectivity index (χ1n) is 10.8. The number of piperidine rings is 1. The first-order chi connectivity index (χ1) is 14.5. The van der Waals surface area contributed by atoms with E-state index in [0.29, 0.717) is 5.41 Å². The molecule has 5 rings (SSSR count). The number of aryl methyl sites for hydroxylation is 1. The highest BCUT2D eigenvalue weighted by molar-refractivity contribution is 7.99. The van der Waals surface area contributed by atoms with Crippen molar-refractivity contribution in [2.75, 3.05) is 25.4 Å². The van der Waals surface area contributed by atoms with E-state index in [4.69, 9.17) is 4.98 Å².